The topological polar surface area (TPSA) is 39.2 Å². The van der Waals surface area contributed by atoms with E-state index in [9.17, 15) is 4.79 Å². The van der Waals surface area contributed by atoms with Crippen LogP contribution >= 0.6 is 15.9 Å². The molecule has 0 spiro atoms. The molecule has 0 unspecified atom stereocenters. The molecule has 0 saturated heterocycles. The molecule has 0 atom stereocenters. The highest BCUT2D eigenvalue weighted by Crippen LogP contribution is 2.30. The van der Waals surface area contributed by atoms with Crippen molar-refractivity contribution in [3.63, 3.8) is 0 Å². The minimum absolute atomic E-state index is 0.565. The van der Waals surface area contributed by atoms with Gasteiger partial charge in [0.1, 0.15) is 11.5 Å². The van der Waals surface area contributed by atoms with Crippen molar-refractivity contribution in [2.24, 2.45) is 0 Å². The van der Waals surface area contributed by atoms with Crippen LogP contribution in [0.15, 0.2) is 65.3 Å². The highest BCUT2D eigenvalue weighted by atomic mass is 79.9. The van der Waals surface area contributed by atoms with Crippen LogP contribution in [-0.2, 0) is 0 Å². The highest BCUT2D eigenvalue weighted by molar-refractivity contribution is 9.10. The van der Waals surface area contributed by atoms with Gasteiger partial charge in [-0.1, -0.05) is 22.0 Å². The SMILES string of the molecule is Cc1cc(Br)c(C=O)cc1Oc1ccc(-c2ccccn2)cc1. The third-order valence-corrected chi connectivity index (χ3v) is 4.15. The fourth-order valence-corrected chi connectivity index (χ4v) is 2.77. The summed E-state index contributed by atoms with van der Waals surface area (Å²) in [4.78, 5) is 15.4. The number of hydrogen-bond acceptors (Lipinski definition) is 3. The minimum atomic E-state index is 0.565. The Hall–Kier alpha value is -2.46. The summed E-state index contributed by atoms with van der Waals surface area (Å²) < 4.78 is 6.66. The fraction of sp³-hybridized carbons (Fsp3) is 0.0526. The Morgan fingerprint density at radius 2 is 1.87 bits per heavy atom. The summed E-state index contributed by atoms with van der Waals surface area (Å²) in [7, 11) is 0. The summed E-state index contributed by atoms with van der Waals surface area (Å²) in [5.41, 5.74) is 3.47. The largest absolute Gasteiger partial charge is 0.457 e. The molecule has 0 N–H and O–H groups in total. The van der Waals surface area contributed by atoms with E-state index in [1.807, 2.05) is 55.5 Å². The Morgan fingerprint density at radius 3 is 2.52 bits per heavy atom. The van der Waals surface area contributed by atoms with Crippen LogP contribution in [0.2, 0.25) is 0 Å². The van der Waals surface area contributed by atoms with Gasteiger partial charge in [-0.15, -0.1) is 0 Å². The molecule has 0 saturated carbocycles. The summed E-state index contributed by atoms with van der Waals surface area (Å²) in [6.07, 6.45) is 2.58. The van der Waals surface area contributed by atoms with Gasteiger partial charge < -0.3 is 4.74 Å². The Morgan fingerprint density at radius 1 is 1.09 bits per heavy atom. The lowest BCUT2D eigenvalue weighted by atomic mass is 10.1. The lowest BCUT2D eigenvalue weighted by molar-refractivity contribution is 0.112. The molecule has 0 aliphatic heterocycles. The maximum Gasteiger partial charge on any atom is 0.151 e. The van der Waals surface area contributed by atoms with E-state index in [0.29, 0.717) is 17.1 Å². The van der Waals surface area contributed by atoms with Crippen LogP contribution in [0.1, 0.15) is 15.9 Å². The summed E-state index contributed by atoms with van der Waals surface area (Å²) in [6, 6.07) is 17.1. The molecule has 1 aromatic heterocycles. The maximum atomic E-state index is 11.1. The second-order valence-corrected chi connectivity index (χ2v) is 5.95. The second kappa shape index (κ2) is 6.75. The first-order valence-electron chi connectivity index (χ1n) is 7.12. The number of halogens is 1. The zero-order valence-electron chi connectivity index (χ0n) is 12.5. The molecule has 23 heavy (non-hydrogen) atoms. The maximum absolute atomic E-state index is 11.1. The van der Waals surface area contributed by atoms with Crippen LogP contribution in [-0.4, -0.2) is 11.3 Å². The number of pyridine rings is 1. The van der Waals surface area contributed by atoms with Crippen LogP contribution in [0.4, 0.5) is 0 Å². The smallest absolute Gasteiger partial charge is 0.151 e. The van der Waals surface area contributed by atoms with Crippen molar-refractivity contribution in [1.29, 1.82) is 0 Å². The van der Waals surface area contributed by atoms with Crippen LogP contribution in [0.5, 0.6) is 11.5 Å². The first-order chi connectivity index (χ1) is 11.2. The van der Waals surface area contributed by atoms with E-state index in [4.69, 9.17) is 4.74 Å². The van der Waals surface area contributed by atoms with E-state index >= 15 is 0 Å². The molecular weight excluding hydrogens is 354 g/mol. The molecule has 0 aliphatic carbocycles. The average molecular weight is 368 g/mol. The van der Waals surface area contributed by atoms with Gasteiger partial charge in [-0.25, -0.2) is 0 Å². The van der Waals surface area contributed by atoms with Gasteiger partial charge in [-0.05, 0) is 61.0 Å². The summed E-state index contributed by atoms with van der Waals surface area (Å²) >= 11 is 3.37. The number of aromatic nitrogens is 1. The molecule has 0 bridgehead atoms. The Balaban J connectivity index is 1.85. The molecule has 114 valence electrons. The van der Waals surface area contributed by atoms with Crippen molar-refractivity contribution in [2.75, 3.05) is 0 Å². The zero-order valence-corrected chi connectivity index (χ0v) is 14.1. The van der Waals surface area contributed by atoms with Crippen molar-refractivity contribution >= 4 is 22.2 Å². The third-order valence-electron chi connectivity index (χ3n) is 3.46. The Kier molecular flexibility index (Phi) is 4.53. The number of rotatable bonds is 4. The standard InChI is InChI=1S/C19H14BrNO2/c1-13-10-17(20)15(12-22)11-19(13)23-16-7-5-14(6-8-16)18-4-2-3-9-21-18/h2-12H,1H3. The van der Waals surface area contributed by atoms with Crippen LogP contribution in [0.25, 0.3) is 11.3 Å². The number of ether oxygens (including phenoxy) is 1. The zero-order chi connectivity index (χ0) is 16.2. The molecule has 3 rings (SSSR count). The molecule has 1 heterocycles. The van der Waals surface area contributed by atoms with Crippen molar-refractivity contribution in [2.45, 2.75) is 6.92 Å². The predicted octanol–water partition coefficient (Wildman–Crippen LogP) is 5.42. The molecule has 0 aliphatic rings. The van der Waals surface area contributed by atoms with Gasteiger partial charge in [0.25, 0.3) is 0 Å². The van der Waals surface area contributed by atoms with Gasteiger partial charge in [0.05, 0.1) is 5.69 Å². The van der Waals surface area contributed by atoms with Crippen molar-refractivity contribution in [3.05, 3.63) is 76.4 Å². The number of benzene rings is 2. The van der Waals surface area contributed by atoms with E-state index in [2.05, 4.69) is 20.9 Å². The van der Waals surface area contributed by atoms with Gasteiger partial charge in [0.2, 0.25) is 0 Å². The second-order valence-electron chi connectivity index (χ2n) is 5.10. The fourth-order valence-electron chi connectivity index (χ4n) is 2.22. The lowest BCUT2D eigenvalue weighted by Gasteiger charge is -2.11. The van der Waals surface area contributed by atoms with Crippen LogP contribution < -0.4 is 4.74 Å². The highest BCUT2D eigenvalue weighted by Gasteiger charge is 2.08. The van der Waals surface area contributed by atoms with Crippen molar-refractivity contribution in [3.8, 4) is 22.8 Å². The van der Waals surface area contributed by atoms with E-state index in [1.54, 1.807) is 12.3 Å². The van der Waals surface area contributed by atoms with E-state index in [1.165, 1.54) is 0 Å². The molecule has 0 radical (unpaired) electrons. The van der Waals surface area contributed by atoms with Gasteiger partial charge in [0, 0.05) is 21.8 Å². The van der Waals surface area contributed by atoms with E-state index in [-0.39, 0.29) is 0 Å². The van der Waals surface area contributed by atoms with Gasteiger partial charge in [-0.2, -0.15) is 0 Å². The summed E-state index contributed by atoms with van der Waals surface area (Å²) in [6.45, 7) is 1.94. The number of nitrogens with zero attached hydrogens (tertiary/aromatic N) is 1. The molecule has 0 fully saturated rings. The lowest BCUT2D eigenvalue weighted by Crippen LogP contribution is -1.92. The van der Waals surface area contributed by atoms with Gasteiger partial charge >= 0.3 is 0 Å². The van der Waals surface area contributed by atoms with E-state index in [0.717, 1.165) is 27.6 Å². The van der Waals surface area contributed by atoms with Crippen molar-refractivity contribution in [1.82, 2.24) is 4.98 Å². The van der Waals surface area contributed by atoms with Crippen LogP contribution in [0.3, 0.4) is 0 Å². The number of carbonyl (C=O) groups excluding carboxylic acids is 1. The first kappa shape index (κ1) is 15.4. The quantitative estimate of drug-likeness (QED) is 0.577. The first-order valence-corrected chi connectivity index (χ1v) is 7.91. The Labute approximate surface area is 143 Å². The number of carbonyl (C=O) groups is 1. The molecular formula is C19H14BrNO2. The minimum Gasteiger partial charge on any atom is -0.457 e. The van der Waals surface area contributed by atoms with E-state index < -0.39 is 0 Å². The number of aryl methyl sites for hydroxylation is 1. The monoisotopic (exact) mass is 367 g/mol. The summed E-state index contributed by atoms with van der Waals surface area (Å²) in [5.74, 6) is 1.38. The van der Waals surface area contributed by atoms with Crippen molar-refractivity contribution < 1.29 is 9.53 Å². The molecule has 0 amide bonds. The molecule has 3 nitrogen and oxygen atoms in total. The molecule has 3 aromatic rings. The van der Waals surface area contributed by atoms with Gasteiger partial charge in [0.15, 0.2) is 6.29 Å². The average Bonchev–Trinajstić information content (AvgIpc) is 2.59. The molecule has 4 heteroatoms. The molecule has 2 aromatic carbocycles. The normalized spacial score (nSPS) is 10.3. The van der Waals surface area contributed by atoms with Crippen LogP contribution in [0, 0.1) is 6.92 Å². The number of aldehydes is 1. The third kappa shape index (κ3) is 3.48. The Bertz CT molecular complexity index is 830. The summed E-state index contributed by atoms with van der Waals surface area (Å²) in [5, 5.41) is 0. The number of hydrogen-bond donors (Lipinski definition) is 0. The predicted molar refractivity (Wildman–Crippen MR) is 94.0 cm³/mol. The van der Waals surface area contributed by atoms with Gasteiger partial charge in [-0.3, -0.25) is 9.78 Å².